The monoisotopic (exact) mass is 191 g/mol. The Morgan fingerprint density at radius 1 is 1.29 bits per heavy atom. The number of benzene rings is 1. The molecule has 0 aliphatic carbocycles. The fourth-order valence-corrected chi connectivity index (χ4v) is 1.63. The van der Waals surface area contributed by atoms with Crippen molar-refractivity contribution in [1.82, 2.24) is 0 Å². The molecule has 0 fully saturated rings. The van der Waals surface area contributed by atoms with Gasteiger partial charge in [0.1, 0.15) is 0 Å². The molecular weight excluding hydrogens is 172 g/mol. The molecule has 0 aliphatic rings. The van der Waals surface area contributed by atoms with Gasteiger partial charge in [-0.3, -0.25) is 0 Å². The topological polar surface area (TPSA) is 20.2 Å². The Labute approximate surface area is 86.8 Å². The predicted octanol–water partition coefficient (Wildman–Crippen LogP) is 2.88. The lowest BCUT2D eigenvalue weighted by Gasteiger charge is -2.11. The maximum Gasteiger partial charge on any atom is 0.0534 e. The number of rotatable bonds is 4. The van der Waals surface area contributed by atoms with Crippen molar-refractivity contribution in [1.29, 1.82) is 0 Å². The maximum absolute atomic E-state index is 9.06. The molecule has 1 rings (SSSR count). The lowest BCUT2D eigenvalue weighted by atomic mass is 9.96. The van der Waals surface area contributed by atoms with Gasteiger partial charge in [0.15, 0.2) is 0 Å². The third-order valence-electron chi connectivity index (χ3n) is 2.41. The smallest absolute Gasteiger partial charge is 0.0534 e. The van der Waals surface area contributed by atoms with Gasteiger partial charge in [-0.15, -0.1) is 0 Å². The zero-order chi connectivity index (χ0) is 10.6. The van der Waals surface area contributed by atoms with Crippen LogP contribution in [0.1, 0.15) is 37.0 Å². The van der Waals surface area contributed by atoms with Crippen molar-refractivity contribution >= 4 is 0 Å². The van der Waals surface area contributed by atoms with Crippen molar-refractivity contribution in [3.8, 4) is 0 Å². The number of aliphatic hydroxyl groups is 1. The summed E-state index contributed by atoms with van der Waals surface area (Å²) in [5, 5.41) is 9.06. The van der Waals surface area contributed by atoms with Crippen LogP contribution in [0, 0.1) is 12.8 Å². The summed E-state index contributed by atoms with van der Waals surface area (Å²) >= 11 is 0. The van der Waals surface area contributed by atoms with Crippen molar-refractivity contribution < 1.29 is 5.11 Å². The second kappa shape index (κ2) is 5.16. The highest BCUT2D eigenvalue weighted by molar-refractivity contribution is 5.37. The SMILES string of the molecule is CCCc1cc(C)cc([C](C)CO)c1. The first-order valence-electron chi connectivity index (χ1n) is 5.21. The van der Waals surface area contributed by atoms with Gasteiger partial charge in [-0.05, 0) is 24.5 Å². The average Bonchev–Trinajstić information content (AvgIpc) is 2.16. The molecule has 1 aromatic carbocycles. The summed E-state index contributed by atoms with van der Waals surface area (Å²) in [6.07, 6.45) is 2.29. The average molecular weight is 191 g/mol. The fourth-order valence-electron chi connectivity index (χ4n) is 1.63. The zero-order valence-corrected chi connectivity index (χ0v) is 9.30. The van der Waals surface area contributed by atoms with E-state index in [4.69, 9.17) is 5.11 Å². The van der Waals surface area contributed by atoms with Gasteiger partial charge in [0, 0.05) is 5.92 Å². The highest BCUT2D eigenvalue weighted by atomic mass is 16.3. The lowest BCUT2D eigenvalue weighted by molar-refractivity contribution is 0.315. The molecule has 1 heteroatoms. The summed E-state index contributed by atoms with van der Waals surface area (Å²) in [5.41, 5.74) is 3.82. The molecule has 0 spiro atoms. The van der Waals surface area contributed by atoms with E-state index in [0.717, 1.165) is 12.3 Å². The summed E-state index contributed by atoms with van der Waals surface area (Å²) in [7, 11) is 0. The van der Waals surface area contributed by atoms with Gasteiger partial charge in [0.05, 0.1) is 6.61 Å². The van der Waals surface area contributed by atoms with Gasteiger partial charge < -0.3 is 5.11 Å². The molecule has 0 saturated carbocycles. The molecule has 1 aromatic rings. The number of aliphatic hydroxyl groups excluding tert-OH is 1. The Hall–Kier alpha value is -0.820. The van der Waals surface area contributed by atoms with Crippen molar-refractivity contribution in [2.45, 2.75) is 33.6 Å². The highest BCUT2D eigenvalue weighted by Gasteiger charge is 2.06. The molecule has 0 unspecified atom stereocenters. The molecular formula is C13H19O. The zero-order valence-electron chi connectivity index (χ0n) is 9.30. The third-order valence-corrected chi connectivity index (χ3v) is 2.41. The molecule has 0 aliphatic heterocycles. The van der Waals surface area contributed by atoms with E-state index in [9.17, 15) is 0 Å². The van der Waals surface area contributed by atoms with Crippen molar-refractivity contribution in [2.75, 3.05) is 6.61 Å². The van der Waals surface area contributed by atoms with Crippen LogP contribution in [0.2, 0.25) is 0 Å². The molecule has 1 N–H and O–H groups in total. The molecule has 0 aromatic heterocycles. The first kappa shape index (κ1) is 11.3. The van der Waals surface area contributed by atoms with Crippen LogP contribution in [-0.4, -0.2) is 11.7 Å². The summed E-state index contributed by atoms with van der Waals surface area (Å²) in [5.74, 6) is 1.05. The van der Waals surface area contributed by atoms with Crippen LogP contribution in [-0.2, 0) is 6.42 Å². The molecule has 0 bridgehead atoms. The van der Waals surface area contributed by atoms with Crippen LogP contribution >= 0.6 is 0 Å². The van der Waals surface area contributed by atoms with Gasteiger partial charge in [-0.25, -0.2) is 0 Å². The minimum Gasteiger partial charge on any atom is -0.395 e. The van der Waals surface area contributed by atoms with Crippen LogP contribution in [0.25, 0.3) is 0 Å². The summed E-state index contributed by atoms with van der Waals surface area (Å²) in [6, 6.07) is 6.53. The van der Waals surface area contributed by atoms with E-state index in [1.807, 2.05) is 6.92 Å². The minimum absolute atomic E-state index is 0.148. The second-order valence-electron chi connectivity index (χ2n) is 3.90. The Morgan fingerprint density at radius 3 is 2.57 bits per heavy atom. The van der Waals surface area contributed by atoms with E-state index in [1.165, 1.54) is 23.1 Å². The highest BCUT2D eigenvalue weighted by Crippen LogP contribution is 2.18. The molecule has 0 heterocycles. The number of hydrogen-bond donors (Lipinski definition) is 1. The third kappa shape index (κ3) is 2.85. The van der Waals surface area contributed by atoms with Crippen molar-refractivity contribution in [2.24, 2.45) is 0 Å². The van der Waals surface area contributed by atoms with Gasteiger partial charge in [-0.2, -0.15) is 0 Å². The van der Waals surface area contributed by atoms with E-state index < -0.39 is 0 Å². The summed E-state index contributed by atoms with van der Waals surface area (Å²) in [4.78, 5) is 0. The van der Waals surface area contributed by atoms with E-state index in [0.29, 0.717) is 0 Å². The maximum atomic E-state index is 9.06. The minimum atomic E-state index is 0.148. The first-order chi connectivity index (χ1) is 6.67. The van der Waals surface area contributed by atoms with E-state index in [2.05, 4.69) is 32.0 Å². The first-order valence-corrected chi connectivity index (χ1v) is 5.21. The summed E-state index contributed by atoms with van der Waals surface area (Å²) in [6.45, 7) is 6.41. The molecule has 1 radical (unpaired) electrons. The van der Waals surface area contributed by atoms with Crippen LogP contribution in [0.3, 0.4) is 0 Å². The van der Waals surface area contributed by atoms with Gasteiger partial charge in [0.25, 0.3) is 0 Å². The lowest BCUT2D eigenvalue weighted by Crippen LogP contribution is -2.01. The van der Waals surface area contributed by atoms with Crippen molar-refractivity contribution in [3.05, 3.63) is 40.8 Å². The Morgan fingerprint density at radius 2 is 2.00 bits per heavy atom. The summed E-state index contributed by atoms with van der Waals surface area (Å²) < 4.78 is 0. The molecule has 0 amide bonds. The quantitative estimate of drug-likeness (QED) is 0.776. The Kier molecular flexibility index (Phi) is 4.15. The molecule has 77 valence electrons. The van der Waals surface area contributed by atoms with E-state index in [-0.39, 0.29) is 6.61 Å². The van der Waals surface area contributed by atoms with Crippen LogP contribution in [0.5, 0.6) is 0 Å². The largest absolute Gasteiger partial charge is 0.395 e. The van der Waals surface area contributed by atoms with Crippen LogP contribution < -0.4 is 0 Å². The van der Waals surface area contributed by atoms with Crippen molar-refractivity contribution in [3.63, 3.8) is 0 Å². The standard InChI is InChI=1S/C13H19O/c1-4-5-12-6-10(2)7-13(8-12)11(3)9-14/h6-8,14H,4-5,9H2,1-3H3. The fraction of sp³-hybridized carbons (Fsp3) is 0.462. The van der Waals surface area contributed by atoms with E-state index >= 15 is 0 Å². The Balaban J connectivity index is 2.94. The van der Waals surface area contributed by atoms with Gasteiger partial charge in [0.2, 0.25) is 0 Å². The van der Waals surface area contributed by atoms with Crippen LogP contribution in [0.4, 0.5) is 0 Å². The molecule has 0 atom stereocenters. The molecule has 0 saturated heterocycles. The van der Waals surface area contributed by atoms with E-state index in [1.54, 1.807) is 0 Å². The Bertz CT molecular complexity index is 291. The van der Waals surface area contributed by atoms with Gasteiger partial charge >= 0.3 is 0 Å². The number of hydrogen-bond acceptors (Lipinski definition) is 1. The molecule has 1 nitrogen and oxygen atoms in total. The second-order valence-corrected chi connectivity index (χ2v) is 3.90. The van der Waals surface area contributed by atoms with Gasteiger partial charge in [-0.1, -0.05) is 44.0 Å². The van der Waals surface area contributed by atoms with Crippen LogP contribution in [0.15, 0.2) is 18.2 Å². The normalized spacial score (nSPS) is 10.9. The predicted molar refractivity (Wildman–Crippen MR) is 60.3 cm³/mol. The number of aryl methyl sites for hydroxylation is 2. The molecule has 14 heavy (non-hydrogen) atoms.